The van der Waals surface area contributed by atoms with Crippen LogP contribution in [0.5, 0.6) is 0 Å². The fraction of sp³-hybridized carbons (Fsp3) is 0.538. The zero-order valence-corrected chi connectivity index (χ0v) is 12.9. The molecule has 0 radical (unpaired) electrons. The second kappa shape index (κ2) is 6.86. The van der Waals surface area contributed by atoms with Gasteiger partial charge in [0.1, 0.15) is 4.60 Å². The lowest BCUT2D eigenvalue weighted by Crippen LogP contribution is -2.12. The minimum atomic E-state index is 0.674. The van der Waals surface area contributed by atoms with Gasteiger partial charge in [-0.05, 0) is 28.3 Å². The lowest BCUT2D eigenvalue weighted by Gasteiger charge is -2.09. The predicted molar refractivity (Wildman–Crippen MR) is 79.5 cm³/mol. The summed E-state index contributed by atoms with van der Waals surface area (Å²) >= 11 is 3.39. The first-order valence-electron chi connectivity index (χ1n) is 6.47. The molecule has 2 rings (SSSR count). The molecule has 0 atom stereocenters. The van der Waals surface area contributed by atoms with Crippen LogP contribution in [0.4, 0.5) is 5.82 Å². The largest absolute Gasteiger partial charge is 0.380 e. The number of fused-ring (bicyclic) bond motifs is 1. The highest BCUT2D eigenvalue weighted by Crippen LogP contribution is 2.16. The van der Waals surface area contributed by atoms with Gasteiger partial charge in [0.2, 0.25) is 0 Å². The third-order valence-electron chi connectivity index (χ3n) is 2.72. The second-order valence-electron chi connectivity index (χ2n) is 4.79. The Morgan fingerprint density at radius 3 is 3.05 bits per heavy atom. The van der Waals surface area contributed by atoms with Crippen LogP contribution in [0.3, 0.4) is 0 Å². The van der Waals surface area contributed by atoms with E-state index in [9.17, 15) is 0 Å². The molecule has 5 nitrogen and oxygen atoms in total. The van der Waals surface area contributed by atoms with E-state index in [0.29, 0.717) is 12.5 Å². The predicted octanol–water partition coefficient (Wildman–Crippen LogP) is 2.97. The summed E-state index contributed by atoms with van der Waals surface area (Å²) < 4.78 is 8.27. The van der Waals surface area contributed by atoms with E-state index in [1.165, 1.54) is 0 Å². The Labute approximate surface area is 121 Å². The lowest BCUT2D eigenvalue weighted by atomic mass is 10.1. The van der Waals surface area contributed by atoms with Crippen molar-refractivity contribution < 1.29 is 4.74 Å². The molecule has 104 valence electrons. The molecular formula is C13H19BrN4O. The van der Waals surface area contributed by atoms with Crippen LogP contribution in [0.2, 0.25) is 0 Å². The third-order valence-corrected chi connectivity index (χ3v) is 3.11. The molecule has 2 aromatic rings. The van der Waals surface area contributed by atoms with Crippen LogP contribution in [0.15, 0.2) is 23.2 Å². The van der Waals surface area contributed by atoms with Crippen LogP contribution in [-0.2, 0) is 4.74 Å². The molecule has 2 heterocycles. The molecule has 0 aliphatic carbocycles. The SMILES string of the molecule is CC(C)CCOCCNc1nc(Br)cn2ccnc12. The first kappa shape index (κ1) is 14.3. The van der Waals surface area contributed by atoms with Crippen LogP contribution in [0.1, 0.15) is 20.3 Å². The highest BCUT2D eigenvalue weighted by molar-refractivity contribution is 9.10. The van der Waals surface area contributed by atoms with Crippen LogP contribution >= 0.6 is 15.9 Å². The van der Waals surface area contributed by atoms with Crippen molar-refractivity contribution in [3.8, 4) is 0 Å². The molecule has 0 spiro atoms. The molecule has 19 heavy (non-hydrogen) atoms. The van der Waals surface area contributed by atoms with E-state index < -0.39 is 0 Å². The van der Waals surface area contributed by atoms with Crippen molar-refractivity contribution in [2.24, 2.45) is 5.92 Å². The van der Waals surface area contributed by atoms with E-state index in [1.54, 1.807) is 6.20 Å². The van der Waals surface area contributed by atoms with Crippen LogP contribution in [0, 0.1) is 5.92 Å². The number of nitrogens with one attached hydrogen (secondary N) is 1. The number of halogens is 1. The molecule has 0 saturated heterocycles. The van der Waals surface area contributed by atoms with E-state index in [1.807, 2.05) is 16.8 Å². The molecule has 0 aliphatic rings. The van der Waals surface area contributed by atoms with E-state index in [4.69, 9.17) is 4.74 Å². The maximum absolute atomic E-state index is 5.56. The van der Waals surface area contributed by atoms with Crippen molar-refractivity contribution >= 4 is 27.4 Å². The van der Waals surface area contributed by atoms with Crippen LogP contribution in [0.25, 0.3) is 5.65 Å². The molecule has 6 heteroatoms. The van der Waals surface area contributed by atoms with Crippen molar-refractivity contribution in [1.29, 1.82) is 0 Å². The molecule has 0 saturated carbocycles. The summed E-state index contributed by atoms with van der Waals surface area (Å²) in [7, 11) is 0. The number of ether oxygens (including phenoxy) is 1. The quantitative estimate of drug-likeness (QED) is 0.795. The molecule has 0 aliphatic heterocycles. The van der Waals surface area contributed by atoms with E-state index in [-0.39, 0.29) is 0 Å². The normalized spacial score (nSPS) is 11.4. The fourth-order valence-electron chi connectivity index (χ4n) is 1.68. The lowest BCUT2D eigenvalue weighted by molar-refractivity contribution is 0.132. The highest BCUT2D eigenvalue weighted by Gasteiger charge is 2.05. The average molecular weight is 327 g/mol. The second-order valence-corrected chi connectivity index (χ2v) is 5.60. The summed E-state index contributed by atoms with van der Waals surface area (Å²) in [5.41, 5.74) is 0.824. The van der Waals surface area contributed by atoms with Crippen molar-refractivity contribution in [3.05, 3.63) is 23.2 Å². The van der Waals surface area contributed by atoms with E-state index >= 15 is 0 Å². The highest BCUT2D eigenvalue weighted by atomic mass is 79.9. The molecule has 0 aromatic carbocycles. The number of aromatic nitrogens is 3. The topological polar surface area (TPSA) is 51.5 Å². The Balaban J connectivity index is 1.83. The van der Waals surface area contributed by atoms with Gasteiger partial charge in [0.15, 0.2) is 11.5 Å². The van der Waals surface area contributed by atoms with Gasteiger partial charge in [-0.3, -0.25) is 0 Å². The standard InChI is InChI=1S/C13H19BrN4O/c1-10(2)3-7-19-8-5-15-12-13-16-4-6-18(13)9-11(14)17-12/h4,6,9-10H,3,5,7-8H2,1-2H3,(H,15,17). The Morgan fingerprint density at radius 2 is 2.26 bits per heavy atom. The summed E-state index contributed by atoms with van der Waals surface area (Å²) in [6.45, 7) is 6.60. The van der Waals surface area contributed by atoms with Crippen molar-refractivity contribution in [1.82, 2.24) is 14.4 Å². The van der Waals surface area contributed by atoms with E-state index in [2.05, 4.69) is 45.1 Å². The summed E-state index contributed by atoms with van der Waals surface area (Å²) in [4.78, 5) is 8.66. The van der Waals surface area contributed by atoms with Gasteiger partial charge in [-0.2, -0.15) is 0 Å². The van der Waals surface area contributed by atoms with Crippen LogP contribution in [-0.4, -0.2) is 34.1 Å². The number of rotatable bonds is 7. The van der Waals surface area contributed by atoms with Crippen molar-refractivity contribution in [2.75, 3.05) is 25.1 Å². The Bertz CT molecular complexity index is 526. The number of imidazole rings is 1. The maximum Gasteiger partial charge on any atom is 0.180 e. The Kier molecular flexibility index (Phi) is 5.15. The van der Waals surface area contributed by atoms with Crippen LogP contribution < -0.4 is 5.32 Å². The molecule has 1 N–H and O–H groups in total. The first-order valence-corrected chi connectivity index (χ1v) is 7.27. The summed E-state index contributed by atoms with van der Waals surface area (Å²) in [5.74, 6) is 1.45. The minimum Gasteiger partial charge on any atom is -0.380 e. The Hall–Kier alpha value is -1.14. The molecule has 0 fully saturated rings. The van der Waals surface area contributed by atoms with Gasteiger partial charge in [0.05, 0.1) is 6.61 Å². The molecule has 0 amide bonds. The number of anilines is 1. The number of nitrogens with zero attached hydrogens (tertiary/aromatic N) is 3. The van der Waals surface area contributed by atoms with Crippen molar-refractivity contribution in [3.63, 3.8) is 0 Å². The summed E-state index contributed by atoms with van der Waals surface area (Å²) in [5, 5.41) is 3.25. The smallest absolute Gasteiger partial charge is 0.180 e. The van der Waals surface area contributed by atoms with E-state index in [0.717, 1.165) is 35.6 Å². The summed E-state index contributed by atoms with van der Waals surface area (Å²) in [6.07, 6.45) is 6.63. The van der Waals surface area contributed by atoms with Gasteiger partial charge in [0, 0.05) is 31.7 Å². The first-order chi connectivity index (χ1) is 9.16. The average Bonchev–Trinajstić information content (AvgIpc) is 2.80. The monoisotopic (exact) mass is 326 g/mol. The number of hydrogen-bond acceptors (Lipinski definition) is 4. The Morgan fingerprint density at radius 1 is 1.42 bits per heavy atom. The molecular weight excluding hydrogens is 308 g/mol. The molecule has 2 aromatic heterocycles. The fourth-order valence-corrected chi connectivity index (χ4v) is 2.08. The zero-order chi connectivity index (χ0) is 13.7. The third kappa shape index (κ3) is 4.18. The van der Waals surface area contributed by atoms with Crippen molar-refractivity contribution in [2.45, 2.75) is 20.3 Å². The van der Waals surface area contributed by atoms with Gasteiger partial charge < -0.3 is 14.5 Å². The number of hydrogen-bond donors (Lipinski definition) is 1. The van der Waals surface area contributed by atoms with Gasteiger partial charge in [-0.25, -0.2) is 9.97 Å². The summed E-state index contributed by atoms with van der Waals surface area (Å²) in [6, 6.07) is 0. The molecule has 0 unspecified atom stereocenters. The van der Waals surface area contributed by atoms with Gasteiger partial charge in [0.25, 0.3) is 0 Å². The minimum absolute atomic E-state index is 0.674. The van der Waals surface area contributed by atoms with Gasteiger partial charge in [-0.15, -0.1) is 0 Å². The van der Waals surface area contributed by atoms with Gasteiger partial charge in [-0.1, -0.05) is 13.8 Å². The van der Waals surface area contributed by atoms with Gasteiger partial charge >= 0.3 is 0 Å². The maximum atomic E-state index is 5.56. The molecule has 0 bridgehead atoms. The zero-order valence-electron chi connectivity index (χ0n) is 11.3.